The smallest absolute Gasteiger partial charge is 0.323 e. The highest BCUT2D eigenvalue weighted by Gasteiger charge is 2.39. The van der Waals surface area contributed by atoms with E-state index < -0.39 is 11.5 Å². The molecule has 4 nitrogen and oxygen atoms in total. The van der Waals surface area contributed by atoms with Gasteiger partial charge in [-0.3, -0.25) is 4.79 Å². The Kier molecular flexibility index (Phi) is 5.92. The lowest BCUT2D eigenvalue weighted by Gasteiger charge is -2.34. The average Bonchev–Trinajstić information content (AvgIpc) is 2.29. The van der Waals surface area contributed by atoms with Crippen molar-refractivity contribution >= 4 is 5.97 Å². The van der Waals surface area contributed by atoms with Gasteiger partial charge in [-0.15, -0.1) is 0 Å². The van der Waals surface area contributed by atoms with E-state index in [1.165, 1.54) is 19.3 Å². The highest BCUT2D eigenvalue weighted by molar-refractivity contribution is 5.78. The van der Waals surface area contributed by atoms with Gasteiger partial charge in [-0.1, -0.05) is 26.2 Å². The summed E-state index contributed by atoms with van der Waals surface area (Å²) >= 11 is 0. The summed E-state index contributed by atoms with van der Waals surface area (Å²) in [5, 5.41) is 9.08. The van der Waals surface area contributed by atoms with E-state index >= 15 is 0 Å². The molecule has 17 heavy (non-hydrogen) atoms. The molecule has 1 saturated carbocycles. The van der Waals surface area contributed by atoms with Crippen molar-refractivity contribution in [3.63, 3.8) is 0 Å². The van der Waals surface area contributed by atoms with E-state index in [0.717, 1.165) is 25.9 Å². The summed E-state index contributed by atoms with van der Waals surface area (Å²) in [6.07, 6.45) is 7.56. The third-order valence-electron chi connectivity index (χ3n) is 3.52. The van der Waals surface area contributed by atoms with Crippen molar-refractivity contribution in [1.82, 2.24) is 0 Å². The summed E-state index contributed by atoms with van der Waals surface area (Å²) in [5.41, 5.74) is 4.80. The maximum Gasteiger partial charge on any atom is 0.323 e. The van der Waals surface area contributed by atoms with Crippen LogP contribution in [0.2, 0.25) is 0 Å². The first-order valence-electron chi connectivity index (χ1n) is 6.72. The second-order valence-electron chi connectivity index (χ2n) is 5.11. The second kappa shape index (κ2) is 6.97. The van der Waals surface area contributed by atoms with Gasteiger partial charge in [0.05, 0.1) is 6.10 Å². The van der Waals surface area contributed by atoms with Gasteiger partial charge in [0.1, 0.15) is 5.54 Å². The van der Waals surface area contributed by atoms with Gasteiger partial charge in [-0.2, -0.15) is 0 Å². The monoisotopic (exact) mass is 243 g/mol. The Balaban J connectivity index is 2.23. The number of aliphatic carboxylic acids is 1. The van der Waals surface area contributed by atoms with Gasteiger partial charge in [-0.25, -0.2) is 0 Å². The van der Waals surface area contributed by atoms with Crippen molar-refractivity contribution in [3.05, 3.63) is 0 Å². The Labute approximate surface area is 104 Å². The molecule has 0 saturated heterocycles. The lowest BCUT2D eigenvalue weighted by atomic mass is 9.81. The molecule has 4 heteroatoms. The molecular formula is C13H25NO3. The number of ether oxygens (including phenoxy) is 1. The molecule has 0 bridgehead atoms. The molecule has 0 heterocycles. The summed E-state index contributed by atoms with van der Waals surface area (Å²) in [4.78, 5) is 11.1. The van der Waals surface area contributed by atoms with Crippen molar-refractivity contribution in [2.45, 2.75) is 69.9 Å². The fourth-order valence-corrected chi connectivity index (χ4v) is 2.37. The van der Waals surface area contributed by atoms with Crippen LogP contribution in [0.1, 0.15) is 58.3 Å². The molecule has 0 aromatic rings. The van der Waals surface area contributed by atoms with E-state index in [9.17, 15) is 4.79 Å². The zero-order chi connectivity index (χ0) is 12.7. The van der Waals surface area contributed by atoms with Crippen LogP contribution < -0.4 is 5.73 Å². The van der Waals surface area contributed by atoms with Crippen molar-refractivity contribution in [2.24, 2.45) is 5.73 Å². The predicted molar refractivity (Wildman–Crippen MR) is 66.9 cm³/mol. The van der Waals surface area contributed by atoms with E-state index in [0.29, 0.717) is 12.8 Å². The van der Waals surface area contributed by atoms with E-state index in [-0.39, 0.29) is 6.10 Å². The summed E-state index contributed by atoms with van der Waals surface area (Å²) < 4.78 is 5.73. The zero-order valence-corrected chi connectivity index (χ0v) is 10.8. The van der Waals surface area contributed by atoms with Crippen LogP contribution in [0.5, 0.6) is 0 Å². The van der Waals surface area contributed by atoms with E-state index in [4.69, 9.17) is 15.6 Å². The van der Waals surface area contributed by atoms with Gasteiger partial charge < -0.3 is 15.6 Å². The van der Waals surface area contributed by atoms with Crippen LogP contribution in [0, 0.1) is 0 Å². The van der Waals surface area contributed by atoms with Crippen LogP contribution >= 0.6 is 0 Å². The molecule has 0 aromatic carbocycles. The Morgan fingerprint density at radius 2 is 2.24 bits per heavy atom. The topological polar surface area (TPSA) is 72.5 Å². The van der Waals surface area contributed by atoms with Crippen molar-refractivity contribution in [1.29, 1.82) is 0 Å². The molecule has 1 fully saturated rings. The normalized spacial score (nSPS) is 29.2. The van der Waals surface area contributed by atoms with Crippen LogP contribution in [0.3, 0.4) is 0 Å². The average molecular weight is 243 g/mol. The quantitative estimate of drug-likeness (QED) is 0.673. The summed E-state index contributed by atoms with van der Waals surface area (Å²) in [5.74, 6) is -0.892. The van der Waals surface area contributed by atoms with Crippen molar-refractivity contribution in [2.75, 3.05) is 6.61 Å². The van der Waals surface area contributed by atoms with Crippen LogP contribution in [0.15, 0.2) is 0 Å². The molecule has 3 N–H and O–H groups in total. The minimum absolute atomic E-state index is 0.0338. The Morgan fingerprint density at radius 1 is 1.47 bits per heavy atom. The largest absolute Gasteiger partial charge is 0.480 e. The first kappa shape index (κ1) is 14.5. The highest BCUT2D eigenvalue weighted by Crippen LogP contribution is 2.28. The van der Waals surface area contributed by atoms with Gasteiger partial charge in [0.2, 0.25) is 0 Å². The molecule has 2 unspecified atom stereocenters. The summed E-state index contributed by atoms with van der Waals surface area (Å²) in [7, 11) is 0. The highest BCUT2D eigenvalue weighted by atomic mass is 16.5. The van der Waals surface area contributed by atoms with Gasteiger partial charge in [0.25, 0.3) is 0 Å². The van der Waals surface area contributed by atoms with E-state index in [1.807, 2.05) is 0 Å². The molecule has 0 spiro atoms. The second-order valence-corrected chi connectivity index (χ2v) is 5.11. The van der Waals surface area contributed by atoms with Crippen molar-refractivity contribution < 1.29 is 14.6 Å². The van der Waals surface area contributed by atoms with Crippen molar-refractivity contribution in [3.8, 4) is 0 Å². The number of carboxylic acid groups (broad SMARTS) is 1. The fraction of sp³-hybridized carbons (Fsp3) is 0.923. The van der Waals surface area contributed by atoms with Gasteiger partial charge in [0.15, 0.2) is 0 Å². The van der Waals surface area contributed by atoms with Gasteiger partial charge >= 0.3 is 5.97 Å². The van der Waals surface area contributed by atoms with Crippen LogP contribution in [0.25, 0.3) is 0 Å². The zero-order valence-electron chi connectivity index (χ0n) is 10.8. The molecule has 100 valence electrons. The lowest BCUT2D eigenvalue weighted by Crippen LogP contribution is -2.52. The maximum atomic E-state index is 11.1. The maximum absolute atomic E-state index is 11.1. The molecule has 1 aliphatic carbocycles. The molecule has 2 atom stereocenters. The number of carboxylic acids is 1. The first-order valence-corrected chi connectivity index (χ1v) is 6.72. The first-order chi connectivity index (χ1) is 8.08. The van der Waals surface area contributed by atoms with Crippen LogP contribution in [0.4, 0.5) is 0 Å². The SMILES string of the molecule is CCCCCCOC1CCCC(N)(C(=O)O)C1. The van der Waals surface area contributed by atoms with E-state index in [2.05, 4.69) is 6.92 Å². The Morgan fingerprint density at radius 3 is 2.88 bits per heavy atom. The summed E-state index contributed by atoms with van der Waals surface area (Å²) in [6.45, 7) is 2.91. The fourth-order valence-electron chi connectivity index (χ4n) is 2.37. The third kappa shape index (κ3) is 4.64. The van der Waals surface area contributed by atoms with Gasteiger partial charge in [0, 0.05) is 13.0 Å². The number of carbonyl (C=O) groups is 1. The molecule has 1 aliphatic rings. The Hall–Kier alpha value is -0.610. The molecular weight excluding hydrogens is 218 g/mol. The Bertz CT molecular complexity index is 245. The molecule has 0 radical (unpaired) electrons. The number of rotatable bonds is 7. The minimum Gasteiger partial charge on any atom is -0.480 e. The number of hydrogen-bond acceptors (Lipinski definition) is 3. The number of unbranched alkanes of at least 4 members (excludes halogenated alkanes) is 3. The van der Waals surface area contributed by atoms with E-state index in [1.54, 1.807) is 0 Å². The van der Waals surface area contributed by atoms with Gasteiger partial charge in [-0.05, 0) is 25.7 Å². The lowest BCUT2D eigenvalue weighted by molar-refractivity contribution is -0.147. The number of hydrogen-bond donors (Lipinski definition) is 2. The molecule has 0 amide bonds. The predicted octanol–water partition coefficient (Wildman–Crippen LogP) is 2.31. The summed E-state index contributed by atoms with van der Waals surface area (Å²) in [6, 6.07) is 0. The molecule has 1 rings (SSSR count). The standard InChI is InChI=1S/C13H25NO3/c1-2-3-4-5-9-17-11-7-6-8-13(14,10-11)12(15)16/h11H,2-10,14H2,1H3,(H,15,16). The van der Waals surface area contributed by atoms with Crippen LogP contribution in [-0.4, -0.2) is 29.3 Å². The number of nitrogens with two attached hydrogens (primary N) is 1. The third-order valence-corrected chi connectivity index (χ3v) is 3.52. The molecule has 0 aliphatic heterocycles. The molecule has 0 aromatic heterocycles. The van der Waals surface area contributed by atoms with Crippen LogP contribution in [-0.2, 0) is 9.53 Å². The minimum atomic E-state index is -1.06.